The molecule has 1 aromatic rings. The summed E-state index contributed by atoms with van der Waals surface area (Å²) in [6, 6.07) is 4.51. The molecule has 1 aliphatic rings. The summed E-state index contributed by atoms with van der Waals surface area (Å²) in [5.74, 6) is -0.276. The summed E-state index contributed by atoms with van der Waals surface area (Å²) in [4.78, 5) is 15.8. The van der Waals surface area contributed by atoms with Gasteiger partial charge in [0, 0.05) is 28.2 Å². The van der Waals surface area contributed by atoms with E-state index in [2.05, 4.69) is 25.7 Å². The quantitative estimate of drug-likeness (QED) is 0.594. The molecule has 2 rings (SSSR count). The van der Waals surface area contributed by atoms with Crippen LogP contribution in [0.15, 0.2) is 39.9 Å². The standard InChI is InChI=1S/C17H20ClNO2S/c1-4-5-8-19-11(2)12(3)22-17(19)10-16(21)14-9-13(18)6-7-15(14)20/h6-7,9-10,20H,4-5,8H2,1-3H3. The van der Waals surface area contributed by atoms with Gasteiger partial charge < -0.3 is 10.0 Å². The molecule has 0 aliphatic carbocycles. The largest absolute Gasteiger partial charge is 0.507 e. The molecular formula is C17H20ClNO2S. The van der Waals surface area contributed by atoms with Crippen LogP contribution in [0.3, 0.4) is 0 Å². The fourth-order valence-corrected chi connectivity index (χ4v) is 3.49. The highest BCUT2D eigenvalue weighted by molar-refractivity contribution is 8.06. The molecule has 0 atom stereocenters. The third kappa shape index (κ3) is 3.68. The minimum Gasteiger partial charge on any atom is -0.507 e. The smallest absolute Gasteiger partial charge is 0.192 e. The van der Waals surface area contributed by atoms with Crippen molar-refractivity contribution in [3.63, 3.8) is 0 Å². The number of hydrogen-bond donors (Lipinski definition) is 1. The lowest BCUT2D eigenvalue weighted by Crippen LogP contribution is -2.18. The maximum Gasteiger partial charge on any atom is 0.192 e. The molecule has 118 valence electrons. The summed E-state index contributed by atoms with van der Waals surface area (Å²) in [5, 5.41) is 11.2. The molecular weight excluding hydrogens is 318 g/mol. The number of aromatic hydroxyl groups is 1. The van der Waals surface area contributed by atoms with Gasteiger partial charge in [0.2, 0.25) is 0 Å². The summed E-state index contributed by atoms with van der Waals surface area (Å²) in [6.07, 6.45) is 3.76. The van der Waals surface area contributed by atoms with E-state index in [-0.39, 0.29) is 17.1 Å². The summed E-state index contributed by atoms with van der Waals surface area (Å²) in [7, 11) is 0. The first-order chi connectivity index (χ1) is 10.4. The van der Waals surface area contributed by atoms with Crippen LogP contribution in [0.1, 0.15) is 44.0 Å². The summed E-state index contributed by atoms with van der Waals surface area (Å²) >= 11 is 7.51. The van der Waals surface area contributed by atoms with Crippen LogP contribution in [0.25, 0.3) is 0 Å². The van der Waals surface area contributed by atoms with Crippen molar-refractivity contribution in [3.8, 4) is 5.75 Å². The number of rotatable bonds is 5. The van der Waals surface area contributed by atoms with Gasteiger partial charge in [-0.3, -0.25) is 4.79 Å². The van der Waals surface area contributed by atoms with E-state index >= 15 is 0 Å². The number of carbonyl (C=O) groups is 1. The lowest BCUT2D eigenvalue weighted by Gasteiger charge is -2.21. The van der Waals surface area contributed by atoms with Crippen LogP contribution in [-0.4, -0.2) is 22.3 Å². The minimum absolute atomic E-state index is 0.0456. The van der Waals surface area contributed by atoms with Crippen LogP contribution < -0.4 is 0 Å². The van der Waals surface area contributed by atoms with Crippen LogP contribution in [0, 0.1) is 0 Å². The number of ketones is 1. The second-order valence-electron chi connectivity index (χ2n) is 5.26. The van der Waals surface area contributed by atoms with Crippen molar-refractivity contribution in [2.75, 3.05) is 6.54 Å². The van der Waals surface area contributed by atoms with Crippen molar-refractivity contribution in [2.24, 2.45) is 0 Å². The van der Waals surface area contributed by atoms with Crippen LogP contribution in [-0.2, 0) is 0 Å². The first kappa shape index (κ1) is 17.0. The third-order valence-electron chi connectivity index (χ3n) is 3.65. The molecule has 0 saturated heterocycles. The lowest BCUT2D eigenvalue weighted by molar-refractivity contribution is 0.104. The molecule has 0 radical (unpaired) electrons. The van der Waals surface area contributed by atoms with E-state index in [0.29, 0.717) is 5.02 Å². The van der Waals surface area contributed by atoms with Gasteiger partial charge in [0.05, 0.1) is 10.6 Å². The number of thioether (sulfide) groups is 1. The Bertz CT molecular complexity index is 652. The Labute approximate surface area is 140 Å². The molecule has 0 spiro atoms. The van der Waals surface area contributed by atoms with Crippen LogP contribution in [0.4, 0.5) is 0 Å². The maximum absolute atomic E-state index is 12.5. The maximum atomic E-state index is 12.5. The molecule has 1 aliphatic heterocycles. The molecule has 0 amide bonds. The predicted octanol–water partition coefficient (Wildman–Crippen LogP) is 5.17. The lowest BCUT2D eigenvalue weighted by atomic mass is 10.1. The highest BCUT2D eigenvalue weighted by Gasteiger charge is 2.23. The van der Waals surface area contributed by atoms with Crippen LogP contribution >= 0.6 is 23.4 Å². The average Bonchev–Trinajstić information content (AvgIpc) is 2.74. The minimum atomic E-state index is -0.230. The molecule has 0 unspecified atom stereocenters. The highest BCUT2D eigenvalue weighted by Crippen LogP contribution is 2.41. The molecule has 1 aromatic carbocycles. The van der Waals surface area contributed by atoms with Gasteiger partial charge in [-0.15, -0.1) is 0 Å². The van der Waals surface area contributed by atoms with Gasteiger partial charge >= 0.3 is 0 Å². The molecule has 1 N–H and O–H groups in total. The Morgan fingerprint density at radius 1 is 1.41 bits per heavy atom. The Morgan fingerprint density at radius 2 is 2.14 bits per heavy atom. The first-order valence-electron chi connectivity index (χ1n) is 7.31. The number of halogens is 1. The zero-order chi connectivity index (χ0) is 16.3. The zero-order valence-electron chi connectivity index (χ0n) is 13.0. The second kappa shape index (κ2) is 7.25. The van der Waals surface area contributed by atoms with E-state index in [9.17, 15) is 9.90 Å². The van der Waals surface area contributed by atoms with Crippen molar-refractivity contribution in [3.05, 3.63) is 50.5 Å². The Hall–Kier alpha value is -1.39. The Balaban J connectivity index is 2.27. The first-order valence-corrected chi connectivity index (χ1v) is 8.51. The van der Waals surface area contributed by atoms with Crippen molar-refractivity contribution in [2.45, 2.75) is 33.6 Å². The number of nitrogens with zero attached hydrogens (tertiary/aromatic N) is 1. The zero-order valence-corrected chi connectivity index (χ0v) is 14.6. The van der Waals surface area contributed by atoms with E-state index in [0.717, 1.165) is 24.4 Å². The molecule has 1 heterocycles. The molecule has 0 fully saturated rings. The van der Waals surface area contributed by atoms with Gasteiger partial charge in [-0.25, -0.2) is 0 Å². The van der Waals surface area contributed by atoms with Gasteiger partial charge in [0.25, 0.3) is 0 Å². The van der Waals surface area contributed by atoms with E-state index in [4.69, 9.17) is 11.6 Å². The van der Waals surface area contributed by atoms with Crippen LogP contribution in [0.2, 0.25) is 5.02 Å². The SMILES string of the molecule is CCCCN1C(=CC(=O)c2cc(Cl)ccc2O)SC(C)=C1C. The number of phenolic OH excluding ortho intramolecular Hbond substituents is 1. The van der Waals surface area contributed by atoms with Gasteiger partial charge in [-0.05, 0) is 38.5 Å². The number of unbranched alkanes of at least 4 members (excludes halogenated alkanes) is 1. The molecule has 5 heteroatoms. The van der Waals surface area contributed by atoms with Gasteiger partial charge in [-0.1, -0.05) is 36.7 Å². The van der Waals surface area contributed by atoms with E-state index in [1.165, 1.54) is 22.7 Å². The molecule has 0 bridgehead atoms. The molecule has 3 nitrogen and oxygen atoms in total. The van der Waals surface area contributed by atoms with E-state index in [1.54, 1.807) is 23.9 Å². The monoisotopic (exact) mass is 337 g/mol. The summed E-state index contributed by atoms with van der Waals surface area (Å²) in [5.41, 5.74) is 1.42. The van der Waals surface area contributed by atoms with Gasteiger partial charge in [0.15, 0.2) is 5.78 Å². The number of hydrogen-bond acceptors (Lipinski definition) is 4. The van der Waals surface area contributed by atoms with Crippen LogP contribution in [0.5, 0.6) is 5.75 Å². The molecule has 22 heavy (non-hydrogen) atoms. The Kier molecular flexibility index (Phi) is 5.59. The van der Waals surface area contributed by atoms with Crippen molar-refractivity contribution in [1.29, 1.82) is 0 Å². The summed E-state index contributed by atoms with van der Waals surface area (Å²) in [6.45, 7) is 7.17. The van der Waals surface area contributed by atoms with Crippen molar-refractivity contribution in [1.82, 2.24) is 4.90 Å². The fraction of sp³-hybridized carbons (Fsp3) is 0.353. The molecule has 0 saturated carbocycles. The average molecular weight is 338 g/mol. The van der Waals surface area contributed by atoms with Crippen molar-refractivity contribution < 1.29 is 9.90 Å². The normalized spacial score (nSPS) is 16.7. The second-order valence-corrected chi connectivity index (χ2v) is 6.93. The van der Waals surface area contributed by atoms with E-state index in [1.807, 2.05) is 0 Å². The van der Waals surface area contributed by atoms with Crippen molar-refractivity contribution >= 4 is 29.1 Å². The van der Waals surface area contributed by atoms with Gasteiger partial charge in [-0.2, -0.15) is 0 Å². The fourth-order valence-electron chi connectivity index (χ4n) is 2.24. The summed E-state index contributed by atoms with van der Waals surface area (Å²) < 4.78 is 0. The number of benzene rings is 1. The van der Waals surface area contributed by atoms with Gasteiger partial charge in [0.1, 0.15) is 5.75 Å². The number of carbonyl (C=O) groups excluding carboxylic acids is 1. The van der Waals surface area contributed by atoms with E-state index < -0.39 is 0 Å². The predicted molar refractivity (Wildman–Crippen MR) is 93.1 cm³/mol. The third-order valence-corrected chi connectivity index (χ3v) is 5.04. The topological polar surface area (TPSA) is 40.5 Å². The number of allylic oxidation sites excluding steroid dienone is 3. The number of phenols is 1. The highest BCUT2D eigenvalue weighted by atomic mass is 35.5. The molecule has 0 aromatic heterocycles. The Morgan fingerprint density at radius 3 is 2.82 bits per heavy atom.